The number of unbranched alkanes of at least 4 members (excludes halogenated alkanes) is 46. The van der Waals surface area contributed by atoms with E-state index in [1.165, 1.54) is 212 Å². The summed E-state index contributed by atoms with van der Waals surface area (Å²) in [6.07, 6.45) is 57.6. The summed E-state index contributed by atoms with van der Waals surface area (Å²) >= 11 is 0. The smallest absolute Gasteiger partial charge is 0.462 e. The average Bonchev–Trinajstić information content (AvgIpc) is 1.25. The highest BCUT2D eigenvalue weighted by molar-refractivity contribution is 7.47. The van der Waals surface area contributed by atoms with Crippen molar-refractivity contribution in [2.24, 2.45) is 11.8 Å². The fourth-order valence-corrected chi connectivity index (χ4v) is 13.4. The van der Waals surface area contributed by atoms with Gasteiger partial charge in [-0.25, -0.2) is 9.13 Å². The largest absolute Gasteiger partial charge is 0.472 e. The first-order chi connectivity index (χ1) is 46.4. The molecule has 0 aromatic rings. The zero-order valence-electron chi connectivity index (χ0n) is 62.7. The zero-order chi connectivity index (χ0) is 70.7. The third-order valence-electron chi connectivity index (χ3n) is 18.0. The van der Waals surface area contributed by atoms with Gasteiger partial charge in [-0.15, -0.1) is 0 Å². The number of esters is 4. The summed E-state index contributed by atoms with van der Waals surface area (Å²) in [6, 6.07) is 0. The van der Waals surface area contributed by atoms with Gasteiger partial charge in [0.25, 0.3) is 0 Å². The van der Waals surface area contributed by atoms with Crippen LogP contribution in [0.2, 0.25) is 0 Å². The van der Waals surface area contributed by atoms with Gasteiger partial charge in [-0.2, -0.15) is 0 Å². The third-order valence-corrected chi connectivity index (χ3v) is 19.9. The van der Waals surface area contributed by atoms with Crippen LogP contribution in [0.15, 0.2) is 0 Å². The van der Waals surface area contributed by atoms with E-state index in [0.29, 0.717) is 25.7 Å². The molecule has 0 saturated carbocycles. The first kappa shape index (κ1) is 94.1. The third kappa shape index (κ3) is 70.5. The van der Waals surface area contributed by atoms with Crippen LogP contribution in [-0.4, -0.2) is 96.7 Å². The molecule has 0 spiro atoms. The number of hydrogen-bond donors (Lipinski definition) is 3. The lowest BCUT2D eigenvalue weighted by Gasteiger charge is -2.21. The molecule has 96 heavy (non-hydrogen) atoms. The molecule has 570 valence electrons. The van der Waals surface area contributed by atoms with Crippen LogP contribution in [0.25, 0.3) is 0 Å². The van der Waals surface area contributed by atoms with E-state index < -0.39 is 97.5 Å². The maximum atomic E-state index is 13.1. The second-order valence-corrected chi connectivity index (χ2v) is 31.6. The van der Waals surface area contributed by atoms with Crippen molar-refractivity contribution in [2.75, 3.05) is 39.6 Å². The van der Waals surface area contributed by atoms with Crippen molar-refractivity contribution >= 4 is 39.5 Å². The fourth-order valence-electron chi connectivity index (χ4n) is 11.8. The van der Waals surface area contributed by atoms with Crippen LogP contribution in [0.3, 0.4) is 0 Å². The van der Waals surface area contributed by atoms with E-state index in [1.807, 2.05) is 0 Å². The summed E-state index contributed by atoms with van der Waals surface area (Å²) in [5.41, 5.74) is 0. The van der Waals surface area contributed by atoms with Crippen molar-refractivity contribution in [1.82, 2.24) is 0 Å². The highest BCUT2D eigenvalue weighted by Crippen LogP contribution is 2.45. The van der Waals surface area contributed by atoms with Gasteiger partial charge in [0.2, 0.25) is 0 Å². The normalized spacial score (nSPS) is 14.0. The zero-order valence-corrected chi connectivity index (χ0v) is 64.5. The summed E-state index contributed by atoms with van der Waals surface area (Å²) in [4.78, 5) is 72.4. The lowest BCUT2D eigenvalue weighted by molar-refractivity contribution is -0.161. The van der Waals surface area contributed by atoms with Crippen LogP contribution in [0, 0.1) is 11.8 Å². The highest BCUT2D eigenvalue weighted by Gasteiger charge is 2.30. The van der Waals surface area contributed by atoms with Crippen molar-refractivity contribution in [3.8, 4) is 0 Å². The summed E-state index contributed by atoms with van der Waals surface area (Å²) in [5.74, 6) is -0.485. The lowest BCUT2D eigenvalue weighted by atomic mass is 10.0. The Morgan fingerprint density at radius 1 is 0.281 bits per heavy atom. The van der Waals surface area contributed by atoms with E-state index >= 15 is 0 Å². The molecule has 0 aliphatic heterocycles. The molecule has 0 rings (SSSR count). The van der Waals surface area contributed by atoms with Crippen LogP contribution in [0.4, 0.5) is 0 Å². The van der Waals surface area contributed by atoms with Crippen LogP contribution >= 0.6 is 15.6 Å². The molecule has 0 saturated heterocycles. The first-order valence-corrected chi connectivity index (χ1v) is 43.0. The molecule has 5 atom stereocenters. The quantitative estimate of drug-likeness (QED) is 0.0222. The van der Waals surface area contributed by atoms with Crippen molar-refractivity contribution < 1.29 is 80.2 Å². The van der Waals surface area contributed by atoms with Crippen molar-refractivity contribution in [3.05, 3.63) is 0 Å². The maximum Gasteiger partial charge on any atom is 0.472 e. The second kappa shape index (κ2) is 68.8. The molecule has 0 aromatic heterocycles. The molecule has 0 bridgehead atoms. The van der Waals surface area contributed by atoms with Crippen molar-refractivity contribution in [3.63, 3.8) is 0 Å². The molecule has 0 aliphatic carbocycles. The standard InChI is InChI=1S/C77H150O17P2/c1-7-9-11-13-14-35-43-49-55-61-76(81)93-72(65-87-74(79)59-53-45-12-10-8-2)67-91-95(83,84)89-63-71(78)64-90-96(85,86)92-68-73(94-77(82)62-56-50-44-39-34-30-26-22-18-16-20-24-28-32-37-41-47-52-58-70(5)6)66-88-75(80)60-54-48-42-38-33-29-25-21-17-15-19-23-27-31-36-40-46-51-57-69(3)4/h69-73,78H,7-68H2,1-6H3,(H,83,84)(H,85,86)/t71-,72+,73+/m0/s1. The number of carbonyl (C=O) groups is 4. The van der Waals surface area contributed by atoms with Gasteiger partial charge >= 0.3 is 39.5 Å². The van der Waals surface area contributed by atoms with Crippen molar-refractivity contribution in [1.29, 1.82) is 0 Å². The molecule has 17 nitrogen and oxygen atoms in total. The molecule has 2 unspecified atom stereocenters. The molecule has 0 fully saturated rings. The van der Waals surface area contributed by atoms with Gasteiger partial charge in [0, 0.05) is 25.7 Å². The number of aliphatic hydroxyl groups is 1. The molecule has 0 aliphatic rings. The number of phosphoric acid groups is 2. The topological polar surface area (TPSA) is 237 Å². The van der Waals surface area contributed by atoms with E-state index in [0.717, 1.165) is 108 Å². The van der Waals surface area contributed by atoms with Gasteiger partial charge in [0.05, 0.1) is 26.4 Å². The molecular weight excluding hydrogens is 1260 g/mol. The van der Waals surface area contributed by atoms with E-state index in [-0.39, 0.29) is 25.7 Å². The van der Waals surface area contributed by atoms with Gasteiger partial charge in [-0.3, -0.25) is 37.3 Å². The van der Waals surface area contributed by atoms with E-state index in [9.17, 15) is 43.2 Å². The van der Waals surface area contributed by atoms with Crippen molar-refractivity contribution in [2.45, 2.75) is 419 Å². The Bertz CT molecular complexity index is 1860. The number of aliphatic hydroxyl groups excluding tert-OH is 1. The van der Waals surface area contributed by atoms with E-state index in [4.69, 9.17) is 37.0 Å². The minimum absolute atomic E-state index is 0.105. The molecule has 19 heteroatoms. The Hall–Kier alpha value is -1.94. The SMILES string of the molecule is CCCCCCCCCCCC(=O)O[C@H](COC(=O)CCCCCCC)COP(=O)(O)OC[C@H](O)COP(=O)(O)OC[C@@H](COC(=O)CCCCCCCCCCCCCCCCCCCCC(C)C)OC(=O)CCCCCCCCCCCCCCCCCCCCC(C)C. The van der Waals surface area contributed by atoms with Crippen LogP contribution < -0.4 is 0 Å². The van der Waals surface area contributed by atoms with Gasteiger partial charge in [-0.05, 0) is 37.5 Å². The minimum Gasteiger partial charge on any atom is -0.462 e. The Balaban J connectivity index is 5.08. The second-order valence-electron chi connectivity index (χ2n) is 28.7. The van der Waals surface area contributed by atoms with Gasteiger partial charge in [0.1, 0.15) is 19.3 Å². The first-order valence-electron chi connectivity index (χ1n) is 40.0. The molecule has 0 heterocycles. The number of ether oxygens (including phenoxy) is 4. The number of phosphoric ester groups is 2. The average molecular weight is 1410 g/mol. The highest BCUT2D eigenvalue weighted by atomic mass is 31.2. The van der Waals surface area contributed by atoms with E-state index in [2.05, 4.69) is 41.5 Å². The maximum absolute atomic E-state index is 13.1. The molecule has 3 N–H and O–H groups in total. The van der Waals surface area contributed by atoms with E-state index in [1.54, 1.807) is 0 Å². The predicted molar refractivity (Wildman–Crippen MR) is 391 cm³/mol. The van der Waals surface area contributed by atoms with Gasteiger partial charge in [0.15, 0.2) is 12.2 Å². The summed E-state index contributed by atoms with van der Waals surface area (Å²) in [6.45, 7) is 9.56. The lowest BCUT2D eigenvalue weighted by Crippen LogP contribution is -2.30. The summed E-state index contributed by atoms with van der Waals surface area (Å²) in [5, 5.41) is 10.6. The van der Waals surface area contributed by atoms with Crippen LogP contribution in [0.5, 0.6) is 0 Å². The van der Waals surface area contributed by atoms with Crippen LogP contribution in [-0.2, 0) is 65.4 Å². The Kier molecular flexibility index (Phi) is 67.4. The fraction of sp³-hybridized carbons (Fsp3) is 0.948. The molecule has 0 aromatic carbocycles. The Morgan fingerprint density at radius 2 is 0.479 bits per heavy atom. The Labute approximate surface area is 588 Å². The van der Waals surface area contributed by atoms with Crippen LogP contribution in [0.1, 0.15) is 401 Å². The number of carbonyl (C=O) groups excluding carboxylic acids is 4. The Morgan fingerprint density at radius 3 is 0.708 bits per heavy atom. The molecule has 0 amide bonds. The summed E-state index contributed by atoms with van der Waals surface area (Å²) < 4.78 is 68.2. The summed E-state index contributed by atoms with van der Waals surface area (Å²) in [7, 11) is -9.90. The number of hydrogen-bond acceptors (Lipinski definition) is 15. The van der Waals surface area contributed by atoms with Gasteiger partial charge in [-0.1, -0.05) is 350 Å². The minimum atomic E-state index is -4.96. The predicted octanol–water partition coefficient (Wildman–Crippen LogP) is 22.7. The monoisotopic (exact) mass is 1410 g/mol. The molecule has 0 radical (unpaired) electrons. The van der Waals surface area contributed by atoms with Gasteiger partial charge < -0.3 is 33.8 Å². The molecular formula is C77H150O17P2. The number of rotatable bonds is 76.